The molecule has 1 aromatic carbocycles. The fraction of sp³-hybridized carbons (Fsp3) is 0.647. The van der Waals surface area contributed by atoms with Crippen LogP contribution in [-0.4, -0.2) is 56.9 Å². The van der Waals surface area contributed by atoms with E-state index in [1.165, 1.54) is 5.56 Å². The van der Waals surface area contributed by atoms with Gasteiger partial charge in [0, 0.05) is 25.7 Å². The second-order valence-electron chi connectivity index (χ2n) is 5.85. The normalized spacial score (nSPS) is 19.9. The molecule has 1 N–H and O–H groups in total. The molecule has 21 heavy (non-hydrogen) atoms. The SMILES string of the molecule is COc1ccccc1CCNCC1CN(C(C)C)CCO1. The van der Waals surface area contributed by atoms with Gasteiger partial charge in [-0.1, -0.05) is 18.2 Å². The van der Waals surface area contributed by atoms with Gasteiger partial charge in [0.2, 0.25) is 0 Å². The van der Waals surface area contributed by atoms with Crippen LogP contribution in [0.3, 0.4) is 0 Å². The topological polar surface area (TPSA) is 33.7 Å². The number of hydrogen-bond acceptors (Lipinski definition) is 4. The smallest absolute Gasteiger partial charge is 0.122 e. The lowest BCUT2D eigenvalue weighted by Crippen LogP contribution is -2.49. The summed E-state index contributed by atoms with van der Waals surface area (Å²) in [7, 11) is 1.72. The maximum atomic E-state index is 5.83. The van der Waals surface area contributed by atoms with E-state index in [2.05, 4.69) is 36.2 Å². The van der Waals surface area contributed by atoms with Crippen molar-refractivity contribution in [2.24, 2.45) is 0 Å². The Morgan fingerprint density at radius 3 is 2.95 bits per heavy atom. The molecule has 0 aliphatic carbocycles. The molecule has 1 aliphatic rings. The van der Waals surface area contributed by atoms with Gasteiger partial charge in [0.1, 0.15) is 5.75 Å². The number of rotatable bonds is 7. The van der Waals surface area contributed by atoms with Gasteiger partial charge < -0.3 is 14.8 Å². The van der Waals surface area contributed by atoms with Gasteiger partial charge >= 0.3 is 0 Å². The molecule has 2 rings (SSSR count). The zero-order valence-electron chi connectivity index (χ0n) is 13.5. The van der Waals surface area contributed by atoms with E-state index in [0.29, 0.717) is 12.1 Å². The fourth-order valence-corrected chi connectivity index (χ4v) is 2.73. The first kappa shape index (κ1) is 16.3. The Labute approximate surface area is 128 Å². The average molecular weight is 292 g/mol. The minimum Gasteiger partial charge on any atom is -0.496 e. The average Bonchev–Trinajstić information content (AvgIpc) is 2.52. The van der Waals surface area contributed by atoms with E-state index in [1.807, 2.05) is 12.1 Å². The van der Waals surface area contributed by atoms with Crippen LogP contribution in [0.5, 0.6) is 5.75 Å². The van der Waals surface area contributed by atoms with Crippen LogP contribution in [0.25, 0.3) is 0 Å². The third kappa shape index (κ3) is 4.99. The Morgan fingerprint density at radius 1 is 1.38 bits per heavy atom. The summed E-state index contributed by atoms with van der Waals surface area (Å²) in [5, 5.41) is 3.51. The second-order valence-corrected chi connectivity index (χ2v) is 5.85. The number of hydrogen-bond donors (Lipinski definition) is 1. The van der Waals surface area contributed by atoms with Gasteiger partial charge in [0.05, 0.1) is 19.8 Å². The molecule has 0 spiro atoms. The van der Waals surface area contributed by atoms with Gasteiger partial charge in [-0.2, -0.15) is 0 Å². The second kappa shape index (κ2) is 8.37. The van der Waals surface area contributed by atoms with Crippen molar-refractivity contribution in [1.82, 2.24) is 10.2 Å². The minimum atomic E-state index is 0.304. The largest absolute Gasteiger partial charge is 0.496 e. The first-order valence-electron chi connectivity index (χ1n) is 7.89. The highest BCUT2D eigenvalue weighted by atomic mass is 16.5. The lowest BCUT2D eigenvalue weighted by molar-refractivity contribution is -0.0370. The molecule has 0 aromatic heterocycles. The molecule has 0 saturated carbocycles. The van der Waals surface area contributed by atoms with Crippen LogP contribution in [0, 0.1) is 0 Å². The maximum Gasteiger partial charge on any atom is 0.122 e. The van der Waals surface area contributed by atoms with E-state index in [-0.39, 0.29) is 0 Å². The van der Waals surface area contributed by atoms with Crippen LogP contribution in [0.1, 0.15) is 19.4 Å². The predicted molar refractivity (Wildman–Crippen MR) is 86.0 cm³/mol. The highest BCUT2D eigenvalue weighted by molar-refractivity contribution is 5.33. The minimum absolute atomic E-state index is 0.304. The van der Waals surface area contributed by atoms with E-state index in [9.17, 15) is 0 Å². The first-order valence-corrected chi connectivity index (χ1v) is 7.89. The molecule has 1 unspecified atom stereocenters. The monoisotopic (exact) mass is 292 g/mol. The van der Waals surface area contributed by atoms with Crippen LogP contribution < -0.4 is 10.1 Å². The number of benzene rings is 1. The molecule has 4 heteroatoms. The van der Waals surface area contributed by atoms with Crippen molar-refractivity contribution in [2.75, 3.05) is 39.9 Å². The lowest BCUT2D eigenvalue weighted by Gasteiger charge is -2.35. The molecule has 0 amide bonds. The molecule has 1 atom stereocenters. The number of ether oxygens (including phenoxy) is 2. The molecule has 0 radical (unpaired) electrons. The Hall–Kier alpha value is -1.10. The summed E-state index contributed by atoms with van der Waals surface area (Å²) in [5.74, 6) is 0.971. The van der Waals surface area contributed by atoms with E-state index < -0.39 is 0 Å². The molecule has 118 valence electrons. The van der Waals surface area contributed by atoms with E-state index >= 15 is 0 Å². The number of nitrogens with one attached hydrogen (secondary N) is 1. The summed E-state index contributed by atoms with van der Waals surface area (Å²) in [6.45, 7) is 9.28. The fourth-order valence-electron chi connectivity index (χ4n) is 2.73. The van der Waals surface area contributed by atoms with Crippen LogP contribution in [0.2, 0.25) is 0 Å². The highest BCUT2D eigenvalue weighted by Gasteiger charge is 2.21. The van der Waals surface area contributed by atoms with Crippen molar-refractivity contribution in [3.8, 4) is 5.75 Å². The molecule has 4 nitrogen and oxygen atoms in total. The summed E-state index contributed by atoms with van der Waals surface area (Å²) >= 11 is 0. The summed E-state index contributed by atoms with van der Waals surface area (Å²) in [4.78, 5) is 2.48. The van der Waals surface area contributed by atoms with Crippen LogP contribution in [0.4, 0.5) is 0 Å². The standard InChI is InChI=1S/C17H28N2O2/c1-14(2)19-10-11-21-16(13-19)12-18-9-8-15-6-4-5-7-17(15)20-3/h4-7,14,16,18H,8-13H2,1-3H3. The number of para-hydroxylation sites is 1. The Morgan fingerprint density at radius 2 is 2.19 bits per heavy atom. The van der Waals surface area contributed by atoms with Crippen molar-refractivity contribution in [3.63, 3.8) is 0 Å². The maximum absolute atomic E-state index is 5.83. The van der Waals surface area contributed by atoms with Gasteiger partial charge in [-0.15, -0.1) is 0 Å². The lowest BCUT2D eigenvalue weighted by atomic mass is 10.1. The van der Waals surface area contributed by atoms with Gasteiger partial charge in [-0.3, -0.25) is 4.90 Å². The number of methoxy groups -OCH3 is 1. The molecule has 1 aliphatic heterocycles. The van der Waals surface area contributed by atoms with Gasteiger partial charge in [0.15, 0.2) is 0 Å². The van der Waals surface area contributed by atoms with Crippen molar-refractivity contribution >= 4 is 0 Å². The first-order chi connectivity index (χ1) is 10.2. The molecular formula is C17H28N2O2. The third-order valence-corrected chi connectivity index (χ3v) is 4.04. The van der Waals surface area contributed by atoms with E-state index in [1.54, 1.807) is 7.11 Å². The summed E-state index contributed by atoms with van der Waals surface area (Å²) in [5.41, 5.74) is 1.25. The van der Waals surface area contributed by atoms with Crippen LogP contribution in [0.15, 0.2) is 24.3 Å². The Bertz CT molecular complexity index is 423. The summed E-state index contributed by atoms with van der Waals surface area (Å²) < 4.78 is 11.2. The van der Waals surface area contributed by atoms with Crippen LogP contribution >= 0.6 is 0 Å². The van der Waals surface area contributed by atoms with Gasteiger partial charge in [-0.05, 0) is 38.4 Å². The summed E-state index contributed by atoms with van der Waals surface area (Å²) in [6.07, 6.45) is 1.28. The molecule has 0 bridgehead atoms. The summed E-state index contributed by atoms with van der Waals surface area (Å²) in [6, 6.07) is 8.80. The molecule has 1 heterocycles. The molecule has 1 fully saturated rings. The molecule has 1 saturated heterocycles. The van der Waals surface area contributed by atoms with Crippen LogP contribution in [-0.2, 0) is 11.2 Å². The predicted octanol–water partition coefficient (Wildman–Crippen LogP) is 1.94. The number of nitrogens with zero attached hydrogens (tertiary/aromatic N) is 1. The van der Waals surface area contributed by atoms with Gasteiger partial charge in [-0.25, -0.2) is 0 Å². The zero-order valence-corrected chi connectivity index (χ0v) is 13.5. The van der Waals surface area contributed by atoms with E-state index in [0.717, 1.165) is 45.0 Å². The molecular weight excluding hydrogens is 264 g/mol. The molecule has 1 aromatic rings. The van der Waals surface area contributed by atoms with Crippen molar-refractivity contribution < 1.29 is 9.47 Å². The Balaban J connectivity index is 1.70. The van der Waals surface area contributed by atoms with Crippen molar-refractivity contribution in [2.45, 2.75) is 32.4 Å². The number of morpholine rings is 1. The van der Waals surface area contributed by atoms with E-state index in [4.69, 9.17) is 9.47 Å². The highest BCUT2D eigenvalue weighted by Crippen LogP contribution is 2.17. The third-order valence-electron chi connectivity index (χ3n) is 4.04. The zero-order chi connectivity index (χ0) is 15.1. The van der Waals surface area contributed by atoms with Gasteiger partial charge in [0.25, 0.3) is 0 Å². The van der Waals surface area contributed by atoms with Crippen molar-refractivity contribution in [1.29, 1.82) is 0 Å². The van der Waals surface area contributed by atoms with Crippen molar-refractivity contribution in [3.05, 3.63) is 29.8 Å². The quantitative estimate of drug-likeness (QED) is 0.779. The Kier molecular flexibility index (Phi) is 6.49.